The topological polar surface area (TPSA) is 55.6 Å². The molecule has 0 saturated carbocycles. The van der Waals surface area contributed by atoms with Gasteiger partial charge in [-0.2, -0.15) is 4.80 Å². The molecular weight excluding hydrogens is 214 g/mol. The van der Waals surface area contributed by atoms with Crippen molar-refractivity contribution < 1.29 is 0 Å². The number of hydrogen-bond acceptors (Lipinski definition) is 4. The van der Waals surface area contributed by atoms with E-state index in [4.69, 9.17) is 0 Å². The number of anilines is 1. The molecule has 2 rings (SSSR count). The van der Waals surface area contributed by atoms with Crippen LogP contribution in [0.3, 0.4) is 0 Å². The Morgan fingerprint density at radius 3 is 2.71 bits per heavy atom. The summed E-state index contributed by atoms with van der Waals surface area (Å²) < 4.78 is 0. The summed E-state index contributed by atoms with van der Waals surface area (Å²) in [5, 5.41) is 15.3. The molecule has 0 atom stereocenters. The second-order valence-corrected chi connectivity index (χ2v) is 4.05. The normalized spacial score (nSPS) is 10.5. The first-order chi connectivity index (χ1) is 8.28. The number of nitrogens with one attached hydrogen (secondary N) is 1. The van der Waals surface area contributed by atoms with Gasteiger partial charge < -0.3 is 5.32 Å². The summed E-state index contributed by atoms with van der Waals surface area (Å²) in [6.07, 6.45) is 1.01. The highest BCUT2D eigenvalue weighted by Crippen LogP contribution is 2.05. The molecule has 0 aliphatic carbocycles. The van der Waals surface area contributed by atoms with Crippen LogP contribution in [0.4, 0.5) is 5.95 Å². The zero-order chi connectivity index (χ0) is 12.1. The highest BCUT2D eigenvalue weighted by Gasteiger charge is 2.01. The fourth-order valence-corrected chi connectivity index (χ4v) is 1.50. The van der Waals surface area contributed by atoms with Crippen molar-refractivity contribution in [1.29, 1.82) is 0 Å². The summed E-state index contributed by atoms with van der Waals surface area (Å²) in [5.74, 6) is 0.582. The lowest BCUT2D eigenvalue weighted by Crippen LogP contribution is -2.03. The zero-order valence-corrected chi connectivity index (χ0v) is 10.2. The second-order valence-electron chi connectivity index (χ2n) is 4.05. The number of aromatic nitrogens is 4. The molecule has 5 heteroatoms. The lowest BCUT2D eigenvalue weighted by atomic mass is 10.1. The van der Waals surface area contributed by atoms with E-state index in [0.29, 0.717) is 5.95 Å². The molecule has 0 saturated heterocycles. The monoisotopic (exact) mass is 231 g/mol. The largest absolute Gasteiger partial charge is 0.348 e. The van der Waals surface area contributed by atoms with Crippen LogP contribution in [0.5, 0.6) is 0 Å². The Morgan fingerprint density at radius 2 is 2.00 bits per heavy atom. The maximum Gasteiger partial charge on any atom is 0.263 e. The number of benzene rings is 1. The van der Waals surface area contributed by atoms with Crippen molar-refractivity contribution in [3.63, 3.8) is 0 Å². The molecule has 90 valence electrons. The molecule has 0 aliphatic rings. The van der Waals surface area contributed by atoms with E-state index in [-0.39, 0.29) is 0 Å². The summed E-state index contributed by atoms with van der Waals surface area (Å²) in [6.45, 7) is 5.69. The minimum absolute atomic E-state index is 0.582. The fraction of sp³-hybridized carbons (Fsp3) is 0.417. The van der Waals surface area contributed by atoms with Gasteiger partial charge in [-0.05, 0) is 24.1 Å². The molecule has 17 heavy (non-hydrogen) atoms. The Bertz CT molecular complexity index is 460. The third kappa shape index (κ3) is 3.27. The minimum atomic E-state index is 0.582. The standard InChI is InChI=1S/C12H17N5/c1-3-8-17-15-12(14-16-17)13-9-11-6-4-10(2)5-7-11/h4-7H,3,8-9H2,1-2H3,(H,13,15). The average Bonchev–Trinajstić information content (AvgIpc) is 2.77. The van der Waals surface area contributed by atoms with Crippen LogP contribution in [0.2, 0.25) is 0 Å². The van der Waals surface area contributed by atoms with Crippen LogP contribution in [0.1, 0.15) is 24.5 Å². The van der Waals surface area contributed by atoms with Gasteiger partial charge in [-0.1, -0.05) is 41.9 Å². The van der Waals surface area contributed by atoms with E-state index in [2.05, 4.69) is 58.8 Å². The molecule has 0 radical (unpaired) electrons. The molecule has 1 heterocycles. The van der Waals surface area contributed by atoms with Crippen molar-refractivity contribution in [3.05, 3.63) is 35.4 Å². The van der Waals surface area contributed by atoms with Crippen molar-refractivity contribution >= 4 is 5.95 Å². The van der Waals surface area contributed by atoms with Gasteiger partial charge >= 0.3 is 0 Å². The quantitative estimate of drug-likeness (QED) is 0.855. The molecule has 0 amide bonds. The summed E-state index contributed by atoms with van der Waals surface area (Å²) in [5.41, 5.74) is 2.48. The van der Waals surface area contributed by atoms with Gasteiger partial charge in [0.1, 0.15) is 0 Å². The van der Waals surface area contributed by atoms with E-state index in [0.717, 1.165) is 19.5 Å². The average molecular weight is 231 g/mol. The molecule has 0 bridgehead atoms. The van der Waals surface area contributed by atoms with Crippen molar-refractivity contribution in [1.82, 2.24) is 20.2 Å². The van der Waals surface area contributed by atoms with Gasteiger partial charge in [0, 0.05) is 6.54 Å². The predicted molar refractivity (Wildman–Crippen MR) is 66.6 cm³/mol. The molecular formula is C12H17N5. The Labute approximate surface area is 101 Å². The molecule has 0 spiro atoms. The van der Waals surface area contributed by atoms with Crippen LogP contribution in [-0.4, -0.2) is 20.2 Å². The Balaban J connectivity index is 1.90. The Hall–Kier alpha value is -1.91. The maximum atomic E-state index is 4.22. The van der Waals surface area contributed by atoms with Crippen molar-refractivity contribution in [2.24, 2.45) is 0 Å². The summed E-state index contributed by atoms with van der Waals surface area (Å²) in [7, 11) is 0. The summed E-state index contributed by atoms with van der Waals surface area (Å²) >= 11 is 0. The number of rotatable bonds is 5. The lowest BCUT2D eigenvalue weighted by Gasteiger charge is -2.01. The van der Waals surface area contributed by atoms with E-state index in [1.54, 1.807) is 4.80 Å². The fourth-order valence-electron chi connectivity index (χ4n) is 1.50. The number of tetrazole rings is 1. The van der Waals surface area contributed by atoms with Crippen molar-refractivity contribution in [2.45, 2.75) is 33.4 Å². The molecule has 5 nitrogen and oxygen atoms in total. The lowest BCUT2D eigenvalue weighted by molar-refractivity contribution is 0.515. The third-order valence-electron chi connectivity index (χ3n) is 2.45. The second kappa shape index (κ2) is 5.43. The van der Waals surface area contributed by atoms with Crippen LogP contribution in [-0.2, 0) is 13.1 Å². The molecule has 1 N–H and O–H groups in total. The van der Waals surface area contributed by atoms with E-state index < -0.39 is 0 Å². The molecule has 0 fully saturated rings. The minimum Gasteiger partial charge on any atom is -0.348 e. The van der Waals surface area contributed by atoms with Gasteiger partial charge in [0.25, 0.3) is 5.95 Å². The van der Waals surface area contributed by atoms with Crippen LogP contribution < -0.4 is 5.32 Å². The van der Waals surface area contributed by atoms with E-state index >= 15 is 0 Å². The highest BCUT2D eigenvalue weighted by atomic mass is 15.6. The molecule has 0 aliphatic heterocycles. The van der Waals surface area contributed by atoms with Gasteiger partial charge in [0.2, 0.25) is 0 Å². The molecule has 1 aromatic heterocycles. The van der Waals surface area contributed by atoms with Gasteiger partial charge in [-0.3, -0.25) is 0 Å². The summed E-state index contributed by atoms with van der Waals surface area (Å²) in [6, 6.07) is 8.38. The SMILES string of the molecule is CCCn1nnc(NCc2ccc(C)cc2)n1. The molecule has 2 aromatic rings. The van der Waals surface area contributed by atoms with E-state index in [1.165, 1.54) is 11.1 Å². The van der Waals surface area contributed by atoms with Gasteiger partial charge in [0.15, 0.2) is 0 Å². The van der Waals surface area contributed by atoms with Gasteiger partial charge in [0.05, 0.1) is 6.54 Å². The smallest absolute Gasteiger partial charge is 0.263 e. The molecule has 0 unspecified atom stereocenters. The maximum absolute atomic E-state index is 4.22. The first-order valence-corrected chi connectivity index (χ1v) is 5.85. The summed E-state index contributed by atoms with van der Waals surface area (Å²) in [4.78, 5) is 1.61. The number of aryl methyl sites for hydroxylation is 2. The van der Waals surface area contributed by atoms with Crippen molar-refractivity contribution in [3.8, 4) is 0 Å². The van der Waals surface area contributed by atoms with E-state index in [9.17, 15) is 0 Å². The Kier molecular flexibility index (Phi) is 3.69. The third-order valence-corrected chi connectivity index (χ3v) is 2.45. The van der Waals surface area contributed by atoms with Crippen LogP contribution in [0, 0.1) is 6.92 Å². The Morgan fingerprint density at radius 1 is 1.24 bits per heavy atom. The number of nitrogens with zero attached hydrogens (tertiary/aromatic N) is 4. The van der Waals surface area contributed by atoms with Crippen molar-refractivity contribution in [2.75, 3.05) is 5.32 Å². The van der Waals surface area contributed by atoms with E-state index in [1.807, 2.05) is 0 Å². The zero-order valence-electron chi connectivity index (χ0n) is 10.2. The first-order valence-electron chi connectivity index (χ1n) is 5.85. The first kappa shape index (κ1) is 11.6. The molecule has 1 aromatic carbocycles. The predicted octanol–water partition coefficient (Wildman–Crippen LogP) is 2.00. The van der Waals surface area contributed by atoms with Crippen LogP contribution in [0.15, 0.2) is 24.3 Å². The highest BCUT2D eigenvalue weighted by molar-refractivity contribution is 5.27. The number of hydrogen-bond donors (Lipinski definition) is 1. The van der Waals surface area contributed by atoms with Crippen LogP contribution >= 0.6 is 0 Å². The van der Waals surface area contributed by atoms with Gasteiger partial charge in [-0.15, -0.1) is 5.10 Å². The van der Waals surface area contributed by atoms with Gasteiger partial charge in [-0.25, -0.2) is 0 Å². The van der Waals surface area contributed by atoms with Crippen LogP contribution in [0.25, 0.3) is 0 Å².